The van der Waals surface area contributed by atoms with Gasteiger partial charge in [0.2, 0.25) is 5.82 Å². The first-order valence-electron chi connectivity index (χ1n) is 13.0. The van der Waals surface area contributed by atoms with E-state index in [-0.39, 0.29) is 58.6 Å². The number of nitriles is 1. The van der Waals surface area contributed by atoms with Crippen molar-refractivity contribution >= 4 is 22.8 Å². The highest BCUT2D eigenvalue weighted by Crippen LogP contribution is 2.35. The van der Waals surface area contributed by atoms with Crippen LogP contribution in [0.5, 0.6) is 11.5 Å². The van der Waals surface area contributed by atoms with E-state index in [1.165, 1.54) is 30.6 Å². The number of anilines is 1. The molecule has 5 rings (SSSR count). The smallest absolute Gasteiger partial charge is 0.264 e. The molecule has 12 heteroatoms. The number of ether oxygens (including phenoxy) is 1. The molecule has 1 aliphatic rings. The summed E-state index contributed by atoms with van der Waals surface area (Å²) in [6, 6.07) is 9.01. The molecule has 4 aromatic rings. The van der Waals surface area contributed by atoms with Crippen molar-refractivity contribution in [2.75, 3.05) is 12.3 Å². The molecule has 0 saturated carbocycles. The molecule has 2 N–H and O–H groups in total. The zero-order chi connectivity index (χ0) is 29.3. The second-order valence-electron chi connectivity index (χ2n) is 10.0. The summed E-state index contributed by atoms with van der Waals surface area (Å²) in [5.74, 6) is -3.68. The van der Waals surface area contributed by atoms with Gasteiger partial charge in [-0.3, -0.25) is 4.79 Å². The van der Waals surface area contributed by atoms with Crippen LogP contribution in [0, 0.1) is 34.7 Å². The third kappa shape index (κ3) is 5.43. The highest BCUT2D eigenvalue weighted by atomic mass is 19.2. The number of nitrogen functional groups attached to an aromatic ring is 1. The lowest BCUT2D eigenvalue weighted by Crippen LogP contribution is -2.39. The monoisotopic (exact) mass is 561 g/mol. The molecule has 0 spiro atoms. The number of hydrogen-bond donors (Lipinski definition) is 1. The molecular weight excluding hydrogens is 535 g/mol. The standard InChI is InChI=1S/C29H26F3N7O2/c1-16(2)11-17(13-33)29(40)38-10-4-5-18(38)14-39-28-24(27(34)35-15-36-28)26(37-39)20-9-8-19(12-22(20)31)41-23-7-3-6-21(30)25(23)32/h3,6-9,11-12,15-16,18H,4-5,10,14H2,1-2H3,(H2,34,35,36)/b17-11-/t18-/m1/s1. The maximum atomic E-state index is 15.4. The summed E-state index contributed by atoms with van der Waals surface area (Å²) < 4.78 is 49.9. The Morgan fingerprint density at radius 2 is 2.02 bits per heavy atom. The number of likely N-dealkylation sites (tertiary alicyclic amines) is 1. The topological polar surface area (TPSA) is 123 Å². The van der Waals surface area contributed by atoms with Crippen LogP contribution in [-0.2, 0) is 11.3 Å². The van der Waals surface area contributed by atoms with E-state index in [0.717, 1.165) is 18.6 Å². The van der Waals surface area contributed by atoms with Crippen LogP contribution in [-0.4, -0.2) is 43.1 Å². The summed E-state index contributed by atoms with van der Waals surface area (Å²) in [7, 11) is 0. The fraction of sp³-hybridized carbons (Fsp3) is 0.276. The Labute approximate surface area is 233 Å². The SMILES string of the molecule is CC(C)/C=C(/C#N)C(=O)N1CCC[C@@H]1Cn1nc(-c2ccc(Oc3cccc(F)c3F)cc2F)c2c(N)ncnc21. The highest BCUT2D eigenvalue weighted by molar-refractivity contribution is 5.99. The van der Waals surface area contributed by atoms with Crippen molar-refractivity contribution in [2.45, 2.75) is 39.3 Å². The van der Waals surface area contributed by atoms with Crippen molar-refractivity contribution in [3.8, 4) is 28.8 Å². The van der Waals surface area contributed by atoms with E-state index < -0.39 is 17.5 Å². The van der Waals surface area contributed by atoms with Crippen LogP contribution in [0.15, 0.2) is 54.4 Å². The van der Waals surface area contributed by atoms with E-state index >= 15 is 4.39 Å². The first-order valence-corrected chi connectivity index (χ1v) is 13.0. The number of nitrogens with two attached hydrogens (primary N) is 1. The second-order valence-corrected chi connectivity index (χ2v) is 10.0. The normalized spacial score (nSPS) is 15.5. The van der Waals surface area contributed by atoms with Gasteiger partial charge in [-0.25, -0.2) is 23.4 Å². The van der Waals surface area contributed by atoms with E-state index in [4.69, 9.17) is 10.5 Å². The molecule has 2 aromatic heterocycles. The average molecular weight is 562 g/mol. The quantitative estimate of drug-likeness (QED) is 0.237. The minimum atomic E-state index is -1.19. The van der Waals surface area contributed by atoms with E-state index in [1.54, 1.807) is 15.7 Å². The molecule has 1 amide bonds. The van der Waals surface area contributed by atoms with E-state index in [1.807, 2.05) is 19.9 Å². The van der Waals surface area contributed by atoms with E-state index in [0.29, 0.717) is 24.0 Å². The predicted molar refractivity (Wildman–Crippen MR) is 145 cm³/mol. The maximum absolute atomic E-state index is 15.4. The lowest BCUT2D eigenvalue weighted by atomic mass is 10.1. The number of carbonyl (C=O) groups excluding carboxylic acids is 1. The molecule has 0 unspecified atom stereocenters. The highest BCUT2D eigenvalue weighted by Gasteiger charge is 2.32. The molecule has 1 aliphatic heterocycles. The van der Waals surface area contributed by atoms with Gasteiger partial charge in [-0.2, -0.15) is 14.8 Å². The summed E-state index contributed by atoms with van der Waals surface area (Å²) in [6.45, 7) is 4.52. The van der Waals surface area contributed by atoms with Crippen molar-refractivity contribution in [3.05, 3.63) is 71.8 Å². The molecule has 9 nitrogen and oxygen atoms in total. The summed E-state index contributed by atoms with van der Waals surface area (Å²) in [5, 5.41) is 14.5. The van der Waals surface area contributed by atoms with Crippen molar-refractivity contribution < 1.29 is 22.7 Å². The molecule has 41 heavy (non-hydrogen) atoms. The number of allylic oxidation sites excluding steroid dienone is 1. The van der Waals surface area contributed by atoms with Crippen LogP contribution in [0.3, 0.4) is 0 Å². The first-order chi connectivity index (χ1) is 19.7. The summed E-state index contributed by atoms with van der Waals surface area (Å²) >= 11 is 0. The molecule has 0 aliphatic carbocycles. The predicted octanol–water partition coefficient (Wildman–Crippen LogP) is 5.38. The van der Waals surface area contributed by atoms with Gasteiger partial charge >= 0.3 is 0 Å². The van der Waals surface area contributed by atoms with Crippen molar-refractivity contribution in [1.82, 2.24) is 24.6 Å². The summed E-state index contributed by atoms with van der Waals surface area (Å²) in [6.07, 6.45) is 4.35. The zero-order valence-electron chi connectivity index (χ0n) is 22.3. The number of benzene rings is 2. The second kappa shape index (κ2) is 11.3. The van der Waals surface area contributed by atoms with E-state index in [9.17, 15) is 18.8 Å². The van der Waals surface area contributed by atoms with Gasteiger partial charge in [0.15, 0.2) is 17.2 Å². The van der Waals surface area contributed by atoms with Gasteiger partial charge < -0.3 is 15.4 Å². The number of amides is 1. The largest absolute Gasteiger partial charge is 0.454 e. The van der Waals surface area contributed by atoms with Crippen molar-refractivity contribution in [1.29, 1.82) is 5.26 Å². The van der Waals surface area contributed by atoms with Crippen molar-refractivity contribution in [2.24, 2.45) is 5.92 Å². The molecular formula is C29H26F3N7O2. The van der Waals surface area contributed by atoms with Crippen molar-refractivity contribution in [3.63, 3.8) is 0 Å². The molecule has 2 aromatic carbocycles. The Morgan fingerprint density at radius 3 is 2.76 bits per heavy atom. The Balaban J connectivity index is 1.48. The Kier molecular flexibility index (Phi) is 7.61. The van der Waals surface area contributed by atoms with Gasteiger partial charge in [0, 0.05) is 18.2 Å². The van der Waals surface area contributed by atoms with Crippen LogP contribution in [0.1, 0.15) is 26.7 Å². The van der Waals surface area contributed by atoms with Gasteiger partial charge in [-0.15, -0.1) is 0 Å². The van der Waals surface area contributed by atoms with Gasteiger partial charge in [-0.1, -0.05) is 26.0 Å². The van der Waals surface area contributed by atoms with Crippen LogP contribution in [0.4, 0.5) is 19.0 Å². The minimum Gasteiger partial charge on any atom is -0.454 e. The lowest BCUT2D eigenvalue weighted by Gasteiger charge is -2.24. The number of rotatable bonds is 7. The van der Waals surface area contributed by atoms with Gasteiger partial charge in [0.1, 0.15) is 41.0 Å². The number of aromatic nitrogens is 4. The summed E-state index contributed by atoms with van der Waals surface area (Å²) in [4.78, 5) is 23.2. The number of nitrogens with zero attached hydrogens (tertiary/aromatic N) is 6. The average Bonchev–Trinajstić information content (AvgIpc) is 3.55. The van der Waals surface area contributed by atoms with E-state index in [2.05, 4.69) is 15.1 Å². The van der Waals surface area contributed by atoms with Crippen LogP contribution < -0.4 is 10.5 Å². The number of carbonyl (C=O) groups is 1. The minimum absolute atomic E-state index is 0.0338. The third-order valence-electron chi connectivity index (χ3n) is 6.77. The maximum Gasteiger partial charge on any atom is 0.264 e. The number of fused-ring (bicyclic) bond motifs is 1. The lowest BCUT2D eigenvalue weighted by molar-refractivity contribution is -0.127. The van der Waals surface area contributed by atoms with Gasteiger partial charge in [0.05, 0.1) is 18.0 Å². The third-order valence-corrected chi connectivity index (χ3v) is 6.77. The fourth-order valence-electron chi connectivity index (χ4n) is 4.92. The van der Waals surface area contributed by atoms with Crippen LogP contribution in [0.2, 0.25) is 0 Å². The van der Waals surface area contributed by atoms with Gasteiger partial charge in [-0.05, 0) is 43.0 Å². The zero-order valence-corrected chi connectivity index (χ0v) is 22.3. The Morgan fingerprint density at radius 1 is 1.22 bits per heavy atom. The molecule has 1 saturated heterocycles. The molecule has 0 bridgehead atoms. The van der Waals surface area contributed by atoms with Crippen LogP contribution in [0.25, 0.3) is 22.3 Å². The Hall–Kier alpha value is -4.92. The molecule has 210 valence electrons. The fourth-order valence-corrected chi connectivity index (χ4v) is 4.92. The Bertz CT molecular complexity index is 1710. The summed E-state index contributed by atoms with van der Waals surface area (Å²) in [5.41, 5.74) is 6.85. The number of halogens is 3. The first kappa shape index (κ1) is 27.6. The number of hydrogen-bond acceptors (Lipinski definition) is 7. The van der Waals surface area contributed by atoms with Crippen LogP contribution >= 0.6 is 0 Å². The molecule has 3 heterocycles. The molecule has 1 fully saturated rings. The molecule has 1 atom stereocenters. The molecule has 0 radical (unpaired) electrons. The van der Waals surface area contributed by atoms with Gasteiger partial charge in [0.25, 0.3) is 5.91 Å².